The van der Waals surface area contributed by atoms with E-state index >= 15 is 0 Å². The predicted molar refractivity (Wildman–Crippen MR) is 91.2 cm³/mol. The van der Waals surface area contributed by atoms with Crippen LogP contribution in [0.5, 0.6) is 0 Å². The molecule has 0 aromatic rings. The van der Waals surface area contributed by atoms with Gasteiger partial charge in [0.25, 0.3) is 0 Å². The zero-order valence-electron chi connectivity index (χ0n) is 10.9. The highest BCUT2D eigenvalue weighted by molar-refractivity contribution is 8.11. The number of thioether (sulfide) groups is 1. The standard InChI is InChI=1S/C9H14Cl4N2O2S3/c1-8(2,6-14)15(19-9(12,13)7(10)11)20(16,17)5-4-18-3/h7H,4-5H2,1-3H3. The summed E-state index contributed by atoms with van der Waals surface area (Å²) in [5.41, 5.74) is -1.35. The van der Waals surface area contributed by atoms with Crippen molar-refractivity contribution in [3.05, 3.63) is 0 Å². The lowest BCUT2D eigenvalue weighted by Crippen LogP contribution is -2.46. The molecule has 0 bridgehead atoms. The molecule has 0 fully saturated rings. The quantitative estimate of drug-likeness (QED) is 0.441. The van der Waals surface area contributed by atoms with Crippen molar-refractivity contribution in [1.82, 2.24) is 3.71 Å². The van der Waals surface area contributed by atoms with E-state index < -0.39 is 24.1 Å². The summed E-state index contributed by atoms with van der Waals surface area (Å²) in [5, 5.41) is 9.16. The second kappa shape index (κ2) is 8.21. The van der Waals surface area contributed by atoms with Crippen LogP contribution in [0.15, 0.2) is 0 Å². The fourth-order valence-electron chi connectivity index (χ4n) is 0.981. The number of alkyl halides is 4. The van der Waals surface area contributed by atoms with E-state index in [2.05, 4.69) is 0 Å². The van der Waals surface area contributed by atoms with Crippen LogP contribution in [0.2, 0.25) is 0 Å². The Balaban J connectivity index is 5.50. The van der Waals surface area contributed by atoms with Gasteiger partial charge in [-0.15, -0.1) is 26.9 Å². The largest absolute Gasteiger partial charge is 0.225 e. The summed E-state index contributed by atoms with van der Waals surface area (Å²) in [5.74, 6) is 0.231. The van der Waals surface area contributed by atoms with Gasteiger partial charge in [-0.3, -0.25) is 0 Å². The minimum absolute atomic E-state index is 0.147. The van der Waals surface area contributed by atoms with Gasteiger partial charge in [0.05, 0.1) is 11.8 Å². The molecular weight excluding hydrogens is 406 g/mol. The molecule has 0 N–H and O–H groups in total. The molecule has 0 heterocycles. The van der Waals surface area contributed by atoms with E-state index in [1.54, 1.807) is 6.26 Å². The normalized spacial score (nSPS) is 13.8. The Labute approximate surface area is 148 Å². The minimum Gasteiger partial charge on any atom is -0.211 e. The zero-order valence-corrected chi connectivity index (χ0v) is 16.4. The van der Waals surface area contributed by atoms with E-state index in [0.717, 1.165) is 3.71 Å². The average Bonchev–Trinajstić information content (AvgIpc) is 2.33. The molecule has 0 spiro atoms. The van der Waals surface area contributed by atoms with Crippen molar-refractivity contribution in [2.45, 2.75) is 27.9 Å². The number of hydrogen-bond acceptors (Lipinski definition) is 5. The predicted octanol–water partition coefficient (Wildman–Crippen LogP) is 3.87. The van der Waals surface area contributed by atoms with Crippen LogP contribution in [0.25, 0.3) is 0 Å². The molecule has 0 saturated heterocycles. The van der Waals surface area contributed by atoms with Gasteiger partial charge in [0, 0.05) is 5.75 Å². The van der Waals surface area contributed by atoms with Crippen molar-refractivity contribution in [1.29, 1.82) is 5.26 Å². The van der Waals surface area contributed by atoms with E-state index in [1.165, 1.54) is 25.6 Å². The molecule has 0 aromatic carbocycles. The Bertz CT molecular complexity index is 462. The molecule has 0 atom stereocenters. The SMILES string of the molecule is CSCCS(=O)(=O)N(SC(Cl)(Cl)C(Cl)Cl)C(C)(C)C#N. The maximum absolute atomic E-state index is 12.3. The second-order valence-electron chi connectivity index (χ2n) is 4.16. The molecular formula is C9H14Cl4N2O2S3. The van der Waals surface area contributed by atoms with Gasteiger partial charge in [-0.1, -0.05) is 23.2 Å². The van der Waals surface area contributed by atoms with Crippen LogP contribution in [0.1, 0.15) is 13.8 Å². The Morgan fingerprint density at radius 2 is 1.85 bits per heavy atom. The van der Waals surface area contributed by atoms with E-state index in [1.807, 2.05) is 6.07 Å². The van der Waals surface area contributed by atoms with Crippen molar-refractivity contribution < 1.29 is 8.42 Å². The van der Waals surface area contributed by atoms with Crippen LogP contribution < -0.4 is 0 Å². The van der Waals surface area contributed by atoms with Crippen molar-refractivity contribution in [3.8, 4) is 6.07 Å². The third kappa shape index (κ3) is 6.17. The molecule has 0 aromatic heterocycles. The molecule has 0 aliphatic carbocycles. The van der Waals surface area contributed by atoms with Crippen LogP contribution in [-0.2, 0) is 10.0 Å². The highest BCUT2D eigenvalue weighted by Crippen LogP contribution is 2.47. The molecule has 0 amide bonds. The van der Waals surface area contributed by atoms with Gasteiger partial charge in [-0.25, -0.2) is 8.42 Å². The summed E-state index contributed by atoms with van der Waals surface area (Å²) in [6.07, 6.45) is 1.78. The maximum Gasteiger partial charge on any atom is 0.225 e. The molecule has 0 unspecified atom stereocenters. The third-order valence-electron chi connectivity index (χ3n) is 1.99. The lowest BCUT2D eigenvalue weighted by molar-refractivity contribution is 0.430. The maximum atomic E-state index is 12.3. The summed E-state index contributed by atoms with van der Waals surface area (Å²) in [7, 11) is -3.75. The van der Waals surface area contributed by atoms with Gasteiger partial charge in [0.15, 0.2) is 4.84 Å². The van der Waals surface area contributed by atoms with Gasteiger partial charge in [0.1, 0.15) is 5.54 Å². The van der Waals surface area contributed by atoms with Gasteiger partial charge in [0.2, 0.25) is 13.7 Å². The third-order valence-corrected chi connectivity index (χ3v) is 8.76. The molecule has 0 rings (SSSR count). The van der Waals surface area contributed by atoms with Crippen LogP contribution in [0.4, 0.5) is 0 Å². The highest BCUT2D eigenvalue weighted by Gasteiger charge is 2.45. The van der Waals surface area contributed by atoms with Gasteiger partial charge < -0.3 is 0 Å². The van der Waals surface area contributed by atoms with Crippen molar-refractivity contribution >= 4 is 80.1 Å². The first kappa shape index (κ1) is 21.3. The molecule has 0 saturated carbocycles. The van der Waals surface area contributed by atoms with Crippen LogP contribution in [0.3, 0.4) is 0 Å². The number of hydrogen-bond donors (Lipinski definition) is 0. The van der Waals surface area contributed by atoms with Crippen molar-refractivity contribution in [3.63, 3.8) is 0 Å². The molecule has 0 radical (unpaired) electrons. The van der Waals surface area contributed by atoms with Crippen molar-refractivity contribution in [2.24, 2.45) is 0 Å². The first-order valence-corrected chi connectivity index (χ1v) is 10.6. The lowest BCUT2D eigenvalue weighted by Gasteiger charge is -2.34. The molecule has 118 valence electrons. The van der Waals surface area contributed by atoms with Crippen LogP contribution >= 0.6 is 70.1 Å². The monoisotopic (exact) mass is 418 g/mol. The minimum atomic E-state index is -3.75. The number of sulfonamides is 1. The number of halogens is 4. The number of nitriles is 1. The Morgan fingerprint density at radius 3 is 2.20 bits per heavy atom. The van der Waals surface area contributed by atoms with Gasteiger partial charge in [-0.05, 0) is 32.1 Å². The van der Waals surface area contributed by atoms with Gasteiger partial charge in [-0.2, -0.15) is 17.0 Å². The van der Waals surface area contributed by atoms with Gasteiger partial charge >= 0.3 is 0 Å². The topological polar surface area (TPSA) is 61.2 Å². The highest BCUT2D eigenvalue weighted by atomic mass is 35.5. The van der Waals surface area contributed by atoms with E-state index in [9.17, 15) is 8.42 Å². The first-order valence-electron chi connectivity index (χ1n) is 5.19. The molecule has 0 aliphatic heterocycles. The van der Waals surface area contributed by atoms with Crippen LogP contribution in [0, 0.1) is 11.3 Å². The molecule has 11 heteroatoms. The molecule has 4 nitrogen and oxygen atoms in total. The fraction of sp³-hybridized carbons (Fsp3) is 0.889. The van der Waals surface area contributed by atoms with E-state index in [-0.39, 0.29) is 5.75 Å². The first-order chi connectivity index (χ1) is 8.90. The van der Waals surface area contributed by atoms with E-state index in [0.29, 0.717) is 17.7 Å². The average molecular weight is 420 g/mol. The summed E-state index contributed by atoms with van der Waals surface area (Å²) in [4.78, 5) is -1.23. The summed E-state index contributed by atoms with van der Waals surface area (Å²) < 4.78 is 23.7. The number of rotatable bonds is 8. The summed E-state index contributed by atoms with van der Waals surface area (Å²) >= 11 is 25.0. The van der Waals surface area contributed by atoms with Crippen molar-refractivity contribution in [2.75, 3.05) is 17.8 Å². The zero-order chi connectivity index (χ0) is 16.2. The number of nitrogens with zero attached hydrogens (tertiary/aromatic N) is 2. The van der Waals surface area contributed by atoms with E-state index in [4.69, 9.17) is 51.7 Å². The smallest absolute Gasteiger partial charge is 0.211 e. The molecule has 0 aliphatic rings. The van der Waals surface area contributed by atoms with Crippen LogP contribution in [-0.4, -0.2) is 43.9 Å². The fourth-order valence-corrected chi connectivity index (χ4v) is 5.89. The Kier molecular flexibility index (Phi) is 8.72. The molecule has 20 heavy (non-hydrogen) atoms. The lowest BCUT2D eigenvalue weighted by atomic mass is 10.1. The summed E-state index contributed by atoms with van der Waals surface area (Å²) in [6.45, 7) is 2.88. The second-order valence-corrected chi connectivity index (χ2v) is 11.4. The Hall–Kier alpha value is 1.26. The summed E-state index contributed by atoms with van der Waals surface area (Å²) in [6, 6.07) is 1.90. The Morgan fingerprint density at radius 1 is 1.35 bits per heavy atom.